The van der Waals surface area contributed by atoms with Crippen molar-refractivity contribution in [1.82, 2.24) is 0 Å². The van der Waals surface area contributed by atoms with Gasteiger partial charge in [-0.25, -0.2) is 4.39 Å². The third-order valence-electron chi connectivity index (χ3n) is 2.84. The fraction of sp³-hybridized carbons (Fsp3) is 0.0714. The number of nitrogens with one attached hydrogen (secondary N) is 1. The Morgan fingerprint density at radius 3 is 2.81 bits per heavy atom. The molecule has 0 unspecified atom stereocenters. The van der Waals surface area contributed by atoms with E-state index in [1.165, 1.54) is 36.4 Å². The van der Waals surface area contributed by atoms with Gasteiger partial charge in [-0.3, -0.25) is 10.1 Å². The molecular formula is C14H9ClFN3O2. The quantitative estimate of drug-likeness (QED) is 0.687. The second-order valence-electron chi connectivity index (χ2n) is 4.16. The van der Waals surface area contributed by atoms with Gasteiger partial charge < -0.3 is 5.32 Å². The van der Waals surface area contributed by atoms with Crippen LogP contribution in [-0.4, -0.2) is 4.92 Å². The molecule has 0 saturated carbocycles. The molecule has 0 saturated heterocycles. The van der Waals surface area contributed by atoms with E-state index in [2.05, 4.69) is 5.32 Å². The average Bonchev–Trinajstić information content (AvgIpc) is 2.45. The highest BCUT2D eigenvalue weighted by molar-refractivity contribution is 6.30. The van der Waals surface area contributed by atoms with Gasteiger partial charge in [-0.2, -0.15) is 5.26 Å². The molecule has 5 nitrogen and oxygen atoms in total. The van der Waals surface area contributed by atoms with Gasteiger partial charge in [0.2, 0.25) is 0 Å². The molecule has 0 atom stereocenters. The summed E-state index contributed by atoms with van der Waals surface area (Å²) in [5.74, 6) is -0.645. The van der Waals surface area contributed by atoms with Crippen molar-refractivity contribution in [1.29, 1.82) is 5.26 Å². The van der Waals surface area contributed by atoms with Crippen molar-refractivity contribution in [2.24, 2.45) is 0 Å². The summed E-state index contributed by atoms with van der Waals surface area (Å²) in [6, 6.07) is 10.2. The number of nitriles is 1. The van der Waals surface area contributed by atoms with Crippen LogP contribution in [0.15, 0.2) is 36.4 Å². The predicted molar refractivity (Wildman–Crippen MR) is 76.5 cm³/mol. The highest BCUT2D eigenvalue weighted by Crippen LogP contribution is 2.25. The zero-order chi connectivity index (χ0) is 15.4. The van der Waals surface area contributed by atoms with Gasteiger partial charge in [0.15, 0.2) is 0 Å². The van der Waals surface area contributed by atoms with Crippen LogP contribution in [0, 0.1) is 27.3 Å². The maximum Gasteiger partial charge on any atom is 0.275 e. The number of nitrogens with zero attached hydrogens (tertiary/aromatic N) is 2. The first-order chi connectivity index (χ1) is 10.0. The molecule has 0 bridgehead atoms. The van der Waals surface area contributed by atoms with Crippen LogP contribution in [0.5, 0.6) is 0 Å². The number of anilines is 1. The van der Waals surface area contributed by atoms with E-state index >= 15 is 0 Å². The maximum atomic E-state index is 13.4. The van der Waals surface area contributed by atoms with E-state index in [1.54, 1.807) is 6.07 Å². The summed E-state index contributed by atoms with van der Waals surface area (Å²) < 4.78 is 13.4. The van der Waals surface area contributed by atoms with Gasteiger partial charge in [0.05, 0.1) is 10.6 Å². The van der Waals surface area contributed by atoms with Crippen LogP contribution >= 0.6 is 11.6 Å². The molecule has 0 aromatic heterocycles. The van der Waals surface area contributed by atoms with E-state index in [0.29, 0.717) is 5.56 Å². The summed E-state index contributed by atoms with van der Waals surface area (Å²) in [5, 5.41) is 23.0. The highest BCUT2D eigenvalue weighted by atomic mass is 35.5. The van der Waals surface area contributed by atoms with Gasteiger partial charge in [0, 0.05) is 23.2 Å². The Morgan fingerprint density at radius 2 is 2.14 bits per heavy atom. The van der Waals surface area contributed by atoms with Crippen molar-refractivity contribution in [3.05, 3.63) is 68.5 Å². The van der Waals surface area contributed by atoms with Crippen LogP contribution in [0.25, 0.3) is 0 Å². The number of halogens is 2. The Bertz CT molecular complexity index is 743. The first kappa shape index (κ1) is 14.8. The molecule has 2 rings (SSSR count). The Labute approximate surface area is 124 Å². The van der Waals surface area contributed by atoms with Crippen molar-refractivity contribution in [3.63, 3.8) is 0 Å². The van der Waals surface area contributed by atoms with Crippen LogP contribution in [-0.2, 0) is 6.54 Å². The number of hydrogen-bond donors (Lipinski definition) is 1. The molecule has 21 heavy (non-hydrogen) atoms. The molecule has 0 spiro atoms. The molecule has 0 radical (unpaired) electrons. The van der Waals surface area contributed by atoms with E-state index in [4.69, 9.17) is 16.9 Å². The third-order valence-corrected chi connectivity index (χ3v) is 3.07. The van der Waals surface area contributed by atoms with Gasteiger partial charge >= 0.3 is 0 Å². The molecule has 2 aromatic rings. The minimum absolute atomic E-state index is 0.0750. The molecule has 0 aliphatic rings. The van der Waals surface area contributed by atoms with E-state index in [9.17, 15) is 14.5 Å². The van der Waals surface area contributed by atoms with Gasteiger partial charge in [-0.15, -0.1) is 0 Å². The lowest BCUT2D eigenvalue weighted by molar-refractivity contribution is -0.385. The van der Waals surface area contributed by atoms with Gasteiger partial charge in [-0.1, -0.05) is 17.7 Å². The SMILES string of the molecule is N#Cc1c(F)cccc1NCc1ccc(Cl)cc1[N+](=O)[O-]. The molecule has 106 valence electrons. The number of nitro groups is 1. The van der Waals surface area contributed by atoms with Gasteiger partial charge in [0.1, 0.15) is 17.4 Å². The first-order valence-electron chi connectivity index (χ1n) is 5.88. The summed E-state index contributed by atoms with van der Waals surface area (Å²) in [7, 11) is 0. The molecule has 0 aliphatic heterocycles. The molecule has 0 heterocycles. The molecule has 7 heteroatoms. The second kappa shape index (κ2) is 6.20. The number of nitro benzene ring substituents is 1. The third kappa shape index (κ3) is 3.27. The Morgan fingerprint density at radius 1 is 1.38 bits per heavy atom. The van der Waals surface area contributed by atoms with Crippen LogP contribution in [0.3, 0.4) is 0 Å². The summed E-state index contributed by atoms with van der Waals surface area (Å²) in [6.07, 6.45) is 0. The Hall–Kier alpha value is -2.65. The summed E-state index contributed by atoms with van der Waals surface area (Å²) in [5.41, 5.74) is 0.401. The fourth-order valence-corrected chi connectivity index (χ4v) is 2.00. The first-order valence-corrected chi connectivity index (χ1v) is 6.26. The molecule has 1 N–H and O–H groups in total. The lowest BCUT2D eigenvalue weighted by atomic mass is 10.1. The summed E-state index contributed by atoms with van der Waals surface area (Å²) in [6.45, 7) is 0.0750. The van der Waals surface area contributed by atoms with Crippen molar-refractivity contribution < 1.29 is 9.31 Å². The van der Waals surface area contributed by atoms with E-state index in [-0.39, 0.29) is 28.5 Å². The zero-order valence-electron chi connectivity index (χ0n) is 10.6. The number of rotatable bonds is 4. The van der Waals surface area contributed by atoms with E-state index < -0.39 is 10.7 Å². The van der Waals surface area contributed by atoms with Crippen molar-refractivity contribution in [2.45, 2.75) is 6.54 Å². The van der Waals surface area contributed by atoms with Crippen molar-refractivity contribution in [2.75, 3.05) is 5.32 Å². The van der Waals surface area contributed by atoms with E-state index in [1.807, 2.05) is 0 Å². The molecular weight excluding hydrogens is 297 g/mol. The van der Waals surface area contributed by atoms with E-state index in [0.717, 1.165) is 0 Å². The van der Waals surface area contributed by atoms with Crippen molar-refractivity contribution >= 4 is 23.0 Å². The summed E-state index contributed by atoms with van der Waals surface area (Å²) in [4.78, 5) is 10.4. The normalized spacial score (nSPS) is 9.95. The zero-order valence-corrected chi connectivity index (χ0v) is 11.4. The van der Waals surface area contributed by atoms with Crippen LogP contribution in [0.1, 0.15) is 11.1 Å². The molecule has 2 aromatic carbocycles. The van der Waals surface area contributed by atoms with Crippen LogP contribution in [0.4, 0.5) is 15.8 Å². The molecule has 0 aliphatic carbocycles. The smallest absolute Gasteiger partial charge is 0.275 e. The van der Waals surface area contributed by atoms with Gasteiger partial charge in [-0.05, 0) is 24.3 Å². The second-order valence-corrected chi connectivity index (χ2v) is 4.59. The minimum atomic E-state index is -0.645. The Balaban J connectivity index is 2.28. The number of benzene rings is 2. The van der Waals surface area contributed by atoms with Crippen LogP contribution < -0.4 is 5.32 Å². The highest BCUT2D eigenvalue weighted by Gasteiger charge is 2.15. The Kier molecular flexibility index (Phi) is 4.36. The number of hydrogen-bond acceptors (Lipinski definition) is 4. The predicted octanol–water partition coefficient (Wildman–Crippen LogP) is 3.87. The molecule has 0 fully saturated rings. The molecule has 0 amide bonds. The summed E-state index contributed by atoms with van der Waals surface area (Å²) >= 11 is 5.73. The average molecular weight is 306 g/mol. The van der Waals surface area contributed by atoms with Gasteiger partial charge in [0.25, 0.3) is 5.69 Å². The van der Waals surface area contributed by atoms with Crippen molar-refractivity contribution in [3.8, 4) is 6.07 Å². The lowest BCUT2D eigenvalue weighted by Crippen LogP contribution is -2.05. The monoisotopic (exact) mass is 305 g/mol. The fourth-order valence-electron chi connectivity index (χ4n) is 1.83. The lowest BCUT2D eigenvalue weighted by Gasteiger charge is -2.09. The standard InChI is InChI=1S/C14H9ClFN3O2/c15-10-5-4-9(14(6-10)19(20)21)8-18-13-3-1-2-12(16)11(13)7-17/h1-6,18H,8H2. The maximum absolute atomic E-state index is 13.4. The topological polar surface area (TPSA) is 79.0 Å². The van der Waals surface area contributed by atoms with Crippen LogP contribution in [0.2, 0.25) is 5.02 Å². The minimum Gasteiger partial charge on any atom is -0.380 e. The largest absolute Gasteiger partial charge is 0.380 e.